The maximum atomic E-state index is 5.80. The van der Waals surface area contributed by atoms with Gasteiger partial charge < -0.3 is 0 Å². The summed E-state index contributed by atoms with van der Waals surface area (Å²) in [6.07, 6.45) is 0. The minimum atomic E-state index is -3.28. The zero-order chi connectivity index (χ0) is 21.5. The Morgan fingerprint density at radius 1 is 0.625 bits per heavy atom. The molecule has 12 rings (SSSR count). The van der Waals surface area contributed by atoms with Gasteiger partial charge in [0.25, 0.3) is 0 Å². The number of benzene rings is 2. The van der Waals surface area contributed by atoms with E-state index in [0.29, 0.717) is 0 Å². The second kappa shape index (κ2) is 2.08. The number of hydrogen-bond donors (Lipinski definition) is 0. The van der Waals surface area contributed by atoms with E-state index in [0.717, 1.165) is 15.6 Å². The third-order valence-corrected chi connectivity index (χ3v) is 68.0. The molecule has 10 fully saturated rings. The molecule has 10 saturated heterocycles. The van der Waals surface area contributed by atoms with E-state index in [1.165, 1.54) is 65.6 Å². The monoisotopic (exact) mass is 486 g/mol. The van der Waals surface area contributed by atoms with Crippen LogP contribution < -0.4 is 20.1 Å². The van der Waals surface area contributed by atoms with E-state index in [4.69, 9.17) is 9.47 Å². The molecule has 4 heteroatoms. The van der Waals surface area contributed by atoms with Crippen molar-refractivity contribution >= 4 is 18.5 Å². The SMILES string of the molecule is COc1c(C)cc(P(c2cc(C)c(OC)c(C)c2)[C]23[CH]4[CH]5[CH]6[CH]2[Fe]56432789[CH]3[CH]2[CH]7[CH]8[CH]39)cc1C. The van der Waals surface area contributed by atoms with Crippen LogP contribution >= 0.6 is 7.92 Å². The van der Waals surface area contributed by atoms with Gasteiger partial charge in [-0.15, -0.1) is 0 Å². The maximum absolute atomic E-state index is 5.80. The molecule has 1 spiro atoms. The molecule has 2 aromatic rings. The Hall–Kier alpha value is -1.01. The average Bonchev–Trinajstić information content (AvgIpc) is 3.67. The molecule has 0 amide bonds. The Kier molecular flexibility index (Phi) is 1.03. The summed E-state index contributed by atoms with van der Waals surface area (Å²) in [5.74, 6) is 2.19. The first-order valence-corrected chi connectivity index (χ1v) is 20.1. The van der Waals surface area contributed by atoms with E-state index in [1.807, 2.05) is 14.2 Å². The van der Waals surface area contributed by atoms with Crippen molar-refractivity contribution in [2.24, 2.45) is 0 Å². The summed E-state index contributed by atoms with van der Waals surface area (Å²) in [4.78, 5) is 12.2. The molecule has 10 aliphatic rings. The fraction of sp³-hybridized carbons (Fsp3) is 0.571. The molecule has 0 saturated carbocycles. The van der Waals surface area contributed by atoms with Gasteiger partial charge in [0, 0.05) is 0 Å². The quantitative estimate of drug-likeness (QED) is 0.347. The van der Waals surface area contributed by atoms with E-state index in [9.17, 15) is 0 Å². The first-order chi connectivity index (χ1) is 15.1. The van der Waals surface area contributed by atoms with Crippen molar-refractivity contribution < 1.29 is 16.0 Å². The van der Waals surface area contributed by atoms with Crippen molar-refractivity contribution in [1.29, 1.82) is 0 Å². The summed E-state index contributed by atoms with van der Waals surface area (Å²) in [5, 5.41) is 3.38. The topological polar surface area (TPSA) is 18.5 Å². The van der Waals surface area contributed by atoms with Gasteiger partial charge in [0.1, 0.15) is 0 Å². The molecule has 0 bridgehead atoms. The normalized spacial score (nSPS) is 68.8. The number of hydrogen-bond acceptors (Lipinski definition) is 2. The Bertz CT molecular complexity index is 1610. The zero-order valence-corrected chi connectivity index (χ0v) is 21.6. The molecule has 168 valence electrons. The van der Waals surface area contributed by atoms with Crippen molar-refractivity contribution in [3.05, 3.63) is 46.5 Å². The van der Waals surface area contributed by atoms with Crippen LogP contribution in [-0.4, -0.2) is 18.3 Å². The molecular weight excluding hydrogens is 455 g/mol. The molecule has 10 heterocycles. The van der Waals surface area contributed by atoms with Gasteiger partial charge in [0.15, 0.2) is 0 Å². The molecule has 4 atom stereocenters. The van der Waals surface area contributed by atoms with E-state index in [1.54, 1.807) is 10.6 Å². The number of methoxy groups -OCH3 is 2. The van der Waals surface area contributed by atoms with Crippen LogP contribution in [0.4, 0.5) is 0 Å². The van der Waals surface area contributed by atoms with Crippen molar-refractivity contribution in [1.82, 2.24) is 0 Å². The van der Waals surface area contributed by atoms with E-state index >= 15 is 0 Å². The van der Waals surface area contributed by atoms with Gasteiger partial charge in [-0.25, -0.2) is 0 Å². The average molecular weight is 486 g/mol. The summed E-state index contributed by atoms with van der Waals surface area (Å²) in [7, 11) is 3.38. The minimum absolute atomic E-state index is 0.279. The van der Waals surface area contributed by atoms with E-state index in [2.05, 4.69) is 52.0 Å². The van der Waals surface area contributed by atoms with Crippen molar-refractivity contribution in [3.8, 4) is 11.5 Å². The first kappa shape index (κ1) is 15.8. The summed E-state index contributed by atoms with van der Waals surface area (Å²) >= 11 is 0. The van der Waals surface area contributed by atoms with Crippen molar-refractivity contribution in [2.75, 3.05) is 14.2 Å². The third-order valence-electron chi connectivity index (χ3n) is 18.8. The molecule has 10 aliphatic heterocycles. The summed E-state index contributed by atoms with van der Waals surface area (Å²) in [5.41, 5.74) is 5.35. The van der Waals surface area contributed by atoms with Gasteiger partial charge in [-0.1, -0.05) is 0 Å². The second-order valence-corrected chi connectivity index (χ2v) is 41.6. The Morgan fingerprint density at radius 3 is 1.19 bits per heavy atom. The van der Waals surface area contributed by atoms with Crippen molar-refractivity contribution in [2.45, 2.75) is 75.1 Å². The van der Waals surface area contributed by atoms with Gasteiger partial charge in [-0.3, -0.25) is 0 Å². The predicted octanol–water partition coefficient (Wildman–Crippen LogP) is 6.67. The number of ether oxygens (including phenoxy) is 2. The third kappa shape index (κ3) is 0.331. The zero-order valence-electron chi connectivity index (χ0n) is 19.6. The standard InChI is InChI=1S/C23H26O2P.C5H5.Fe/c1-15-11-20(12-16(2)22(15)24-5)26(19-9-7-8-10-19)21-13-17(3)23(25-6)18(4)14-21;1-2-4-5-3-1;/h7-14H,1-6H3;1-5H;. The van der Waals surface area contributed by atoms with Gasteiger partial charge >= 0.3 is 182 Å². The van der Waals surface area contributed by atoms with Gasteiger partial charge in [0.05, 0.1) is 0 Å². The van der Waals surface area contributed by atoms with Crippen molar-refractivity contribution in [3.63, 3.8) is 0 Å². The number of rotatable bonds is 5. The molecule has 32 heavy (non-hydrogen) atoms. The number of aryl methyl sites for hydroxylation is 4. The van der Waals surface area contributed by atoms with Crippen LogP contribution in [0.25, 0.3) is 0 Å². The predicted molar refractivity (Wildman–Crippen MR) is 128 cm³/mol. The molecule has 0 aromatic heterocycles. The molecule has 2 nitrogen and oxygen atoms in total. The Morgan fingerprint density at radius 2 is 0.969 bits per heavy atom. The molecule has 4 unspecified atom stereocenters. The van der Waals surface area contributed by atoms with Crippen LogP contribution in [0.15, 0.2) is 24.3 Å². The van der Waals surface area contributed by atoms with Crippen LogP contribution in [0.5, 0.6) is 11.5 Å². The van der Waals surface area contributed by atoms with E-state index in [-0.39, 0.29) is 7.92 Å². The van der Waals surface area contributed by atoms with Gasteiger partial charge in [-0.2, -0.15) is 0 Å². The fourth-order valence-corrected chi connectivity index (χ4v) is 109. The summed E-state index contributed by atoms with van der Waals surface area (Å²) in [6.45, 7) is 5.80. The Balaban J connectivity index is 1.19. The fourth-order valence-electron chi connectivity index (χ4n) is 20.0. The number of fused-ring (bicyclic) bond motifs is 10. The van der Waals surface area contributed by atoms with Gasteiger partial charge in [-0.05, 0) is 0 Å². The molecule has 0 aliphatic carbocycles. The molecule has 2 aromatic carbocycles. The molecular formula is C28H31FeO2P. The Labute approximate surface area is 181 Å². The van der Waals surface area contributed by atoms with Gasteiger partial charge in [0.2, 0.25) is 0 Å². The summed E-state index contributed by atoms with van der Waals surface area (Å²) in [6, 6.07) is 10.2. The molecule has 0 N–H and O–H groups in total. The summed E-state index contributed by atoms with van der Waals surface area (Å²) < 4.78 is 12.4. The van der Waals surface area contributed by atoms with Crippen LogP contribution in [0.3, 0.4) is 0 Å². The molecule has 0 radical (unpaired) electrons. The van der Waals surface area contributed by atoms with E-state index < -0.39 is 6.51 Å². The van der Waals surface area contributed by atoms with Crippen LogP contribution in [0.2, 0.25) is 43.3 Å². The van der Waals surface area contributed by atoms with Crippen LogP contribution in [0.1, 0.15) is 22.3 Å². The second-order valence-electron chi connectivity index (χ2n) is 15.2. The first-order valence-electron chi connectivity index (χ1n) is 12.5. The van der Waals surface area contributed by atoms with Crippen LogP contribution in [0, 0.1) is 27.7 Å². The van der Waals surface area contributed by atoms with Crippen LogP contribution in [-0.2, 0) is 6.51 Å².